The first-order chi connectivity index (χ1) is 11.6. The molecule has 5 atom stereocenters. The fourth-order valence-corrected chi connectivity index (χ4v) is 3.55. The van der Waals surface area contributed by atoms with Crippen molar-refractivity contribution in [2.75, 3.05) is 0 Å². The Labute approximate surface area is 143 Å². The zero-order valence-corrected chi connectivity index (χ0v) is 14.5. The quantitative estimate of drug-likeness (QED) is 0.542. The van der Waals surface area contributed by atoms with Crippen LogP contribution in [0.3, 0.4) is 0 Å². The van der Waals surface area contributed by atoms with Crippen LogP contribution < -0.4 is 27.0 Å². The van der Waals surface area contributed by atoms with E-state index in [0.717, 1.165) is 12.8 Å². The van der Waals surface area contributed by atoms with E-state index in [1.165, 1.54) is 5.56 Å². The average Bonchev–Trinajstić information content (AvgIpc) is 3.22. The Morgan fingerprint density at radius 2 is 2.00 bits per heavy atom. The first-order valence-electron chi connectivity index (χ1n) is 8.82. The molecular weight excluding hydrogens is 304 g/mol. The van der Waals surface area contributed by atoms with Gasteiger partial charge in [0.1, 0.15) is 6.04 Å². The van der Waals surface area contributed by atoms with Gasteiger partial charge >= 0.3 is 0 Å². The molecular formula is C17H28N6O. The first kappa shape index (κ1) is 17.3. The van der Waals surface area contributed by atoms with Crippen LogP contribution in [-0.2, 0) is 4.79 Å². The molecule has 7 nitrogen and oxygen atoms in total. The van der Waals surface area contributed by atoms with Crippen molar-refractivity contribution in [3.05, 3.63) is 30.1 Å². The second-order valence-electron chi connectivity index (χ2n) is 7.03. The molecule has 1 aromatic rings. The van der Waals surface area contributed by atoms with Crippen molar-refractivity contribution in [2.24, 2.45) is 11.8 Å². The van der Waals surface area contributed by atoms with Gasteiger partial charge in [-0.05, 0) is 36.5 Å². The molecule has 7 heteroatoms. The Hall–Kier alpha value is -1.54. The maximum absolute atomic E-state index is 12.6. The summed E-state index contributed by atoms with van der Waals surface area (Å²) in [4.78, 5) is 16.7. The van der Waals surface area contributed by atoms with E-state index in [0.29, 0.717) is 12.0 Å². The number of nitrogens with zero attached hydrogens (tertiary/aromatic N) is 1. The number of rotatable bonds is 5. The van der Waals surface area contributed by atoms with Crippen LogP contribution in [0.1, 0.15) is 45.2 Å². The molecule has 1 amide bonds. The number of carbonyl (C=O) groups is 1. The van der Waals surface area contributed by atoms with E-state index >= 15 is 0 Å². The molecule has 2 aliphatic rings. The molecule has 132 valence electrons. The van der Waals surface area contributed by atoms with Gasteiger partial charge in [-0.15, -0.1) is 0 Å². The number of carbonyl (C=O) groups excluding carboxylic acids is 1. The summed E-state index contributed by atoms with van der Waals surface area (Å²) >= 11 is 0. The van der Waals surface area contributed by atoms with Crippen molar-refractivity contribution >= 4 is 5.91 Å². The van der Waals surface area contributed by atoms with Crippen molar-refractivity contribution in [2.45, 2.75) is 57.9 Å². The van der Waals surface area contributed by atoms with Gasteiger partial charge in [0.2, 0.25) is 5.91 Å². The molecule has 2 fully saturated rings. The number of nitrogens with one attached hydrogen (secondary N) is 5. The van der Waals surface area contributed by atoms with Crippen LogP contribution in [0.25, 0.3) is 0 Å². The Morgan fingerprint density at radius 3 is 2.62 bits per heavy atom. The minimum absolute atomic E-state index is 0.0405. The van der Waals surface area contributed by atoms with Crippen LogP contribution in [-0.4, -0.2) is 29.1 Å². The molecule has 1 aromatic heterocycles. The van der Waals surface area contributed by atoms with E-state index < -0.39 is 0 Å². The van der Waals surface area contributed by atoms with Gasteiger partial charge < -0.3 is 5.32 Å². The van der Waals surface area contributed by atoms with Gasteiger partial charge in [-0.3, -0.25) is 15.2 Å². The zero-order valence-electron chi connectivity index (χ0n) is 14.5. The van der Waals surface area contributed by atoms with Crippen molar-refractivity contribution in [1.82, 2.24) is 32.0 Å². The van der Waals surface area contributed by atoms with Crippen molar-refractivity contribution in [1.29, 1.82) is 0 Å². The monoisotopic (exact) mass is 332 g/mol. The minimum Gasteiger partial charge on any atom is -0.338 e. The number of pyridine rings is 1. The normalized spacial score (nSPS) is 33.1. The molecule has 0 spiro atoms. The average molecular weight is 332 g/mol. The highest BCUT2D eigenvalue weighted by Crippen LogP contribution is 2.30. The highest BCUT2D eigenvalue weighted by Gasteiger charge is 2.38. The minimum atomic E-state index is -0.184. The molecule has 0 bridgehead atoms. The summed E-state index contributed by atoms with van der Waals surface area (Å²) in [7, 11) is 0. The standard InChI is InChI=1S/C17H28N6O/c1-4-12-15(11-5-7-18-8-6-11)22-23-16(12)19-17(24)14-9-13(10(2)3)20-21-14/h5-8,10,12-16,20-23H,4,9H2,1-3H3,(H,19,24). The molecule has 0 saturated carbocycles. The van der Waals surface area contributed by atoms with E-state index in [1.54, 1.807) is 12.4 Å². The van der Waals surface area contributed by atoms with Gasteiger partial charge in [0.15, 0.2) is 0 Å². The predicted molar refractivity (Wildman–Crippen MR) is 92.3 cm³/mol. The molecule has 0 aliphatic carbocycles. The predicted octanol–water partition coefficient (Wildman–Crippen LogP) is 0.590. The molecule has 0 aromatic carbocycles. The van der Waals surface area contributed by atoms with Crippen LogP contribution in [0.2, 0.25) is 0 Å². The summed E-state index contributed by atoms with van der Waals surface area (Å²) in [5, 5.41) is 3.15. The number of hydrazine groups is 2. The molecule has 0 radical (unpaired) electrons. The van der Waals surface area contributed by atoms with Crippen molar-refractivity contribution in [3.63, 3.8) is 0 Å². The topological polar surface area (TPSA) is 90.1 Å². The van der Waals surface area contributed by atoms with E-state index in [9.17, 15) is 4.79 Å². The number of aromatic nitrogens is 1. The maximum atomic E-state index is 12.6. The molecule has 3 rings (SSSR count). The van der Waals surface area contributed by atoms with Gasteiger partial charge in [0.05, 0.1) is 12.2 Å². The van der Waals surface area contributed by atoms with Crippen LogP contribution in [0.15, 0.2) is 24.5 Å². The highest BCUT2D eigenvalue weighted by molar-refractivity contribution is 5.82. The zero-order chi connectivity index (χ0) is 17.1. The molecule has 3 heterocycles. The molecule has 5 N–H and O–H groups in total. The lowest BCUT2D eigenvalue weighted by Crippen LogP contribution is -2.52. The third-order valence-electron chi connectivity index (χ3n) is 5.14. The second-order valence-corrected chi connectivity index (χ2v) is 7.03. The number of amides is 1. The second kappa shape index (κ2) is 7.57. The SMILES string of the molecule is CCC1C(NC(=O)C2CC(C(C)C)NN2)NNC1c1ccncc1. The van der Waals surface area contributed by atoms with E-state index in [4.69, 9.17) is 0 Å². The lowest BCUT2D eigenvalue weighted by Gasteiger charge is -2.23. The lowest BCUT2D eigenvalue weighted by molar-refractivity contribution is -0.124. The van der Waals surface area contributed by atoms with Crippen molar-refractivity contribution < 1.29 is 4.79 Å². The van der Waals surface area contributed by atoms with Crippen molar-refractivity contribution in [3.8, 4) is 0 Å². The van der Waals surface area contributed by atoms with E-state index in [1.807, 2.05) is 12.1 Å². The summed E-state index contributed by atoms with van der Waals surface area (Å²) in [6, 6.07) is 4.35. The summed E-state index contributed by atoms with van der Waals surface area (Å²) in [6.07, 6.45) is 5.29. The summed E-state index contributed by atoms with van der Waals surface area (Å²) in [5.41, 5.74) is 14.1. The summed E-state index contributed by atoms with van der Waals surface area (Å²) < 4.78 is 0. The molecule has 2 aliphatic heterocycles. The van der Waals surface area contributed by atoms with Crippen LogP contribution in [0.5, 0.6) is 0 Å². The van der Waals surface area contributed by atoms with Crippen LogP contribution >= 0.6 is 0 Å². The van der Waals surface area contributed by atoms with E-state index in [-0.39, 0.29) is 30.1 Å². The van der Waals surface area contributed by atoms with Gasteiger partial charge in [-0.25, -0.2) is 16.3 Å². The molecule has 2 saturated heterocycles. The highest BCUT2D eigenvalue weighted by atomic mass is 16.2. The smallest absolute Gasteiger partial charge is 0.239 e. The van der Waals surface area contributed by atoms with Gasteiger partial charge in [0, 0.05) is 24.4 Å². The maximum Gasteiger partial charge on any atom is 0.239 e. The van der Waals surface area contributed by atoms with Gasteiger partial charge in [-0.1, -0.05) is 20.8 Å². The Bertz CT molecular complexity index is 551. The summed E-state index contributed by atoms with van der Waals surface area (Å²) in [6.45, 7) is 6.47. The Balaban J connectivity index is 1.60. The number of hydrogen-bond acceptors (Lipinski definition) is 6. The van der Waals surface area contributed by atoms with Crippen LogP contribution in [0, 0.1) is 11.8 Å². The fraction of sp³-hybridized carbons (Fsp3) is 0.647. The summed E-state index contributed by atoms with van der Waals surface area (Å²) in [5.74, 6) is 0.825. The third kappa shape index (κ3) is 3.59. The largest absolute Gasteiger partial charge is 0.338 e. The fourth-order valence-electron chi connectivity index (χ4n) is 3.55. The van der Waals surface area contributed by atoms with Gasteiger partial charge in [-0.2, -0.15) is 0 Å². The molecule has 5 unspecified atom stereocenters. The van der Waals surface area contributed by atoms with Crippen LogP contribution in [0.4, 0.5) is 0 Å². The first-order valence-corrected chi connectivity index (χ1v) is 8.82. The lowest BCUT2D eigenvalue weighted by atomic mass is 9.91. The Kier molecular flexibility index (Phi) is 5.45. The third-order valence-corrected chi connectivity index (χ3v) is 5.14. The van der Waals surface area contributed by atoms with Gasteiger partial charge in [0.25, 0.3) is 0 Å². The molecule has 24 heavy (non-hydrogen) atoms. The number of hydrogen-bond donors (Lipinski definition) is 5. The van der Waals surface area contributed by atoms with E-state index in [2.05, 4.69) is 52.8 Å². The Morgan fingerprint density at radius 1 is 1.25 bits per heavy atom.